The van der Waals surface area contributed by atoms with Gasteiger partial charge in [0.05, 0.1) is 6.54 Å². The minimum Gasteiger partial charge on any atom is -0.484 e. The van der Waals surface area contributed by atoms with Crippen LogP contribution in [0.5, 0.6) is 5.75 Å². The van der Waals surface area contributed by atoms with Gasteiger partial charge in [0.2, 0.25) is 0 Å². The van der Waals surface area contributed by atoms with Crippen LogP contribution in [0.2, 0.25) is 0 Å². The maximum atomic E-state index is 13.2. The zero-order chi connectivity index (χ0) is 21.5. The summed E-state index contributed by atoms with van der Waals surface area (Å²) >= 11 is 3.50. The molecule has 0 bridgehead atoms. The number of benzene rings is 2. The normalized spacial score (nSPS) is 14.4. The summed E-state index contributed by atoms with van der Waals surface area (Å²) in [5, 5.41) is 0. The van der Waals surface area contributed by atoms with Crippen molar-refractivity contribution in [1.29, 1.82) is 0 Å². The number of carbonyl (C=O) groups excluding carboxylic acids is 1. The molecule has 0 aliphatic heterocycles. The fraction of sp³-hybridized carbons (Fsp3) is 0.346. The monoisotopic (exact) mass is 480 g/mol. The van der Waals surface area contributed by atoms with E-state index in [0.717, 1.165) is 35.3 Å². The van der Waals surface area contributed by atoms with Crippen LogP contribution in [0.1, 0.15) is 43.4 Å². The van der Waals surface area contributed by atoms with Crippen molar-refractivity contribution in [1.82, 2.24) is 9.47 Å². The maximum absolute atomic E-state index is 13.2. The lowest BCUT2D eigenvalue weighted by molar-refractivity contribution is -0.137. The Kier molecular flexibility index (Phi) is 7.47. The Morgan fingerprint density at radius 1 is 0.968 bits per heavy atom. The molecule has 162 valence electrons. The summed E-state index contributed by atoms with van der Waals surface area (Å²) in [6, 6.07) is 22.5. The first-order valence-corrected chi connectivity index (χ1v) is 11.8. The van der Waals surface area contributed by atoms with Gasteiger partial charge in [-0.3, -0.25) is 4.79 Å². The molecule has 0 unspecified atom stereocenters. The molecule has 1 aromatic heterocycles. The summed E-state index contributed by atoms with van der Waals surface area (Å²) in [6.45, 7) is 1.49. The molecule has 3 aromatic rings. The van der Waals surface area contributed by atoms with Gasteiger partial charge in [0.25, 0.3) is 5.91 Å². The molecule has 4 nitrogen and oxygen atoms in total. The fourth-order valence-corrected chi connectivity index (χ4v) is 4.53. The zero-order valence-electron chi connectivity index (χ0n) is 17.8. The Morgan fingerprint density at radius 2 is 1.71 bits per heavy atom. The van der Waals surface area contributed by atoms with E-state index in [0.29, 0.717) is 6.54 Å². The van der Waals surface area contributed by atoms with Crippen LogP contribution in [0, 0.1) is 0 Å². The lowest BCUT2D eigenvalue weighted by Gasteiger charge is -2.34. The molecule has 5 heteroatoms. The Labute approximate surface area is 193 Å². The topological polar surface area (TPSA) is 34.5 Å². The number of hydrogen-bond donors (Lipinski definition) is 0. The second-order valence-electron chi connectivity index (χ2n) is 8.17. The van der Waals surface area contributed by atoms with Crippen molar-refractivity contribution in [3.8, 4) is 5.75 Å². The molecule has 0 atom stereocenters. The van der Waals surface area contributed by atoms with E-state index in [1.54, 1.807) is 0 Å². The highest BCUT2D eigenvalue weighted by molar-refractivity contribution is 9.10. The van der Waals surface area contributed by atoms with Crippen molar-refractivity contribution >= 4 is 21.8 Å². The van der Waals surface area contributed by atoms with Crippen molar-refractivity contribution in [3.05, 3.63) is 88.7 Å². The average molecular weight is 481 g/mol. The molecule has 1 saturated carbocycles. The molecule has 1 fully saturated rings. The quantitative estimate of drug-likeness (QED) is 0.393. The summed E-state index contributed by atoms with van der Waals surface area (Å²) in [5.41, 5.74) is 2.39. The molecular formula is C26H29BrN2O2. The van der Waals surface area contributed by atoms with Crippen LogP contribution in [-0.2, 0) is 17.9 Å². The van der Waals surface area contributed by atoms with Gasteiger partial charge in [0.1, 0.15) is 5.75 Å². The van der Waals surface area contributed by atoms with Crippen LogP contribution in [0.25, 0.3) is 0 Å². The van der Waals surface area contributed by atoms with Crippen LogP contribution in [0.3, 0.4) is 0 Å². The van der Waals surface area contributed by atoms with E-state index in [4.69, 9.17) is 4.74 Å². The third kappa shape index (κ3) is 6.01. The minimum absolute atomic E-state index is 0.0622. The average Bonchev–Trinajstić information content (AvgIpc) is 3.25. The van der Waals surface area contributed by atoms with Crippen LogP contribution in [0.15, 0.2) is 77.4 Å². The van der Waals surface area contributed by atoms with Gasteiger partial charge < -0.3 is 14.2 Å². The van der Waals surface area contributed by atoms with Gasteiger partial charge in [-0.15, -0.1) is 0 Å². The molecule has 1 heterocycles. The van der Waals surface area contributed by atoms with Gasteiger partial charge in [-0.25, -0.2) is 0 Å². The number of amides is 1. The molecule has 1 aliphatic rings. The highest BCUT2D eigenvalue weighted by atomic mass is 79.9. The summed E-state index contributed by atoms with van der Waals surface area (Å²) in [6.07, 6.45) is 7.89. The van der Waals surface area contributed by atoms with Gasteiger partial charge in [0, 0.05) is 29.0 Å². The third-order valence-corrected chi connectivity index (χ3v) is 6.49. The lowest BCUT2D eigenvalue weighted by Crippen LogP contribution is -2.43. The van der Waals surface area contributed by atoms with Crippen molar-refractivity contribution in [2.45, 2.75) is 51.2 Å². The van der Waals surface area contributed by atoms with E-state index in [-0.39, 0.29) is 18.6 Å². The number of rotatable bonds is 8. The Hall–Kier alpha value is -2.53. The number of hydrogen-bond acceptors (Lipinski definition) is 2. The van der Waals surface area contributed by atoms with E-state index in [9.17, 15) is 4.79 Å². The summed E-state index contributed by atoms with van der Waals surface area (Å²) < 4.78 is 9.11. The number of nitrogens with zero attached hydrogens (tertiary/aromatic N) is 2. The Morgan fingerprint density at radius 3 is 2.45 bits per heavy atom. The molecular weight excluding hydrogens is 452 g/mol. The van der Waals surface area contributed by atoms with Crippen molar-refractivity contribution in [2.75, 3.05) is 6.61 Å². The molecule has 1 aliphatic carbocycles. The van der Waals surface area contributed by atoms with Crippen molar-refractivity contribution in [3.63, 3.8) is 0 Å². The first-order valence-electron chi connectivity index (χ1n) is 11.0. The molecule has 1 amide bonds. The number of ether oxygens (including phenoxy) is 1. The van der Waals surface area contributed by atoms with Gasteiger partial charge >= 0.3 is 0 Å². The van der Waals surface area contributed by atoms with Gasteiger partial charge in [-0.05, 0) is 54.8 Å². The highest BCUT2D eigenvalue weighted by Crippen LogP contribution is 2.25. The molecule has 4 rings (SSSR count). The summed E-state index contributed by atoms with van der Waals surface area (Å²) in [7, 11) is 0. The first kappa shape index (κ1) is 21.7. The Balaban J connectivity index is 1.47. The van der Waals surface area contributed by atoms with Crippen LogP contribution in [-0.4, -0.2) is 28.0 Å². The largest absolute Gasteiger partial charge is 0.484 e. The van der Waals surface area contributed by atoms with E-state index in [1.165, 1.54) is 24.8 Å². The molecule has 31 heavy (non-hydrogen) atoms. The minimum atomic E-state index is 0.0622. The van der Waals surface area contributed by atoms with E-state index in [1.807, 2.05) is 30.3 Å². The second-order valence-corrected chi connectivity index (χ2v) is 9.08. The smallest absolute Gasteiger partial charge is 0.261 e. The van der Waals surface area contributed by atoms with Gasteiger partial charge in [0.15, 0.2) is 6.61 Å². The van der Waals surface area contributed by atoms with Crippen molar-refractivity contribution in [2.24, 2.45) is 0 Å². The van der Waals surface area contributed by atoms with E-state index >= 15 is 0 Å². The number of aromatic nitrogens is 1. The molecule has 0 N–H and O–H groups in total. The lowest BCUT2D eigenvalue weighted by atomic mass is 9.94. The first-order chi connectivity index (χ1) is 15.2. The predicted molar refractivity (Wildman–Crippen MR) is 127 cm³/mol. The second kappa shape index (κ2) is 10.7. The highest BCUT2D eigenvalue weighted by Gasteiger charge is 2.26. The molecule has 0 saturated heterocycles. The van der Waals surface area contributed by atoms with Crippen LogP contribution in [0.4, 0.5) is 0 Å². The van der Waals surface area contributed by atoms with Crippen molar-refractivity contribution < 1.29 is 9.53 Å². The standard InChI is InChI=1S/C26H29BrN2O2/c27-22-15-13-21(14-16-22)18-28-17-7-10-24(28)19-29(23-8-3-1-4-9-23)26(30)20-31-25-11-5-2-6-12-25/h2,5-7,10-17,23H,1,3-4,8-9,18-20H2. The zero-order valence-corrected chi connectivity index (χ0v) is 19.3. The summed E-state index contributed by atoms with van der Waals surface area (Å²) in [4.78, 5) is 15.3. The predicted octanol–water partition coefficient (Wildman–Crippen LogP) is 6.04. The van der Waals surface area contributed by atoms with Gasteiger partial charge in [-0.2, -0.15) is 0 Å². The van der Waals surface area contributed by atoms with E-state index in [2.05, 4.69) is 68.0 Å². The maximum Gasteiger partial charge on any atom is 0.261 e. The van der Waals surface area contributed by atoms with Gasteiger partial charge in [-0.1, -0.05) is 65.5 Å². The van der Waals surface area contributed by atoms with Crippen LogP contribution < -0.4 is 4.74 Å². The SMILES string of the molecule is O=C(COc1ccccc1)N(Cc1cccn1Cc1ccc(Br)cc1)C1CCCCC1. The molecule has 0 radical (unpaired) electrons. The Bertz CT molecular complexity index is 963. The number of para-hydroxylation sites is 1. The number of carbonyl (C=O) groups is 1. The fourth-order valence-electron chi connectivity index (χ4n) is 4.27. The summed E-state index contributed by atoms with van der Waals surface area (Å²) in [5.74, 6) is 0.796. The number of halogens is 1. The third-order valence-electron chi connectivity index (χ3n) is 5.96. The van der Waals surface area contributed by atoms with E-state index < -0.39 is 0 Å². The molecule has 0 spiro atoms. The van der Waals surface area contributed by atoms with Crippen LogP contribution >= 0.6 is 15.9 Å². The molecule has 2 aromatic carbocycles.